The van der Waals surface area contributed by atoms with Crippen molar-refractivity contribution in [3.8, 4) is 0 Å². The van der Waals surface area contributed by atoms with Gasteiger partial charge in [0, 0.05) is 0 Å². The van der Waals surface area contributed by atoms with Crippen LogP contribution in [-0.2, 0) is 9.47 Å². The summed E-state index contributed by atoms with van der Waals surface area (Å²) in [6.45, 7) is 2.99. The van der Waals surface area contributed by atoms with E-state index in [0.29, 0.717) is 0 Å². The van der Waals surface area contributed by atoms with Gasteiger partial charge in [0.25, 0.3) is 0 Å². The predicted octanol–water partition coefficient (Wildman–Crippen LogP) is -1.79. The first-order valence-corrected chi connectivity index (χ1v) is 4.93. The van der Waals surface area contributed by atoms with Crippen LogP contribution in [0.2, 0.25) is 0 Å². The van der Waals surface area contributed by atoms with Gasteiger partial charge in [0.1, 0.15) is 24.4 Å². The van der Waals surface area contributed by atoms with E-state index in [1.54, 1.807) is 13.8 Å². The number of aliphatic hydroxyl groups excluding tert-OH is 4. The number of hydrogen-bond acceptors (Lipinski definition) is 6. The lowest BCUT2D eigenvalue weighted by molar-refractivity contribution is -0.195. The molecule has 0 bridgehead atoms. The monoisotopic (exact) mass is 222 g/mol. The smallest absolute Gasteiger partial charge is 0.186 e. The Labute approximate surface area is 88.1 Å². The Balaban J connectivity index is 2.59. The molecule has 1 saturated heterocycles. The third-order valence-corrected chi connectivity index (χ3v) is 2.23. The average Bonchev–Trinajstić information content (AvgIpc) is 2.44. The molecule has 0 spiro atoms. The van der Waals surface area contributed by atoms with Crippen molar-refractivity contribution >= 4 is 0 Å². The Morgan fingerprint density at radius 2 is 1.87 bits per heavy atom. The molecule has 0 radical (unpaired) electrons. The second kappa shape index (κ2) is 5.20. The zero-order chi connectivity index (χ0) is 11.6. The van der Waals surface area contributed by atoms with E-state index in [1.165, 1.54) is 0 Å². The summed E-state index contributed by atoms with van der Waals surface area (Å²) >= 11 is 0. The summed E-state index contributed by atoms with van der Waals surface area (Å²) in [5, 5.41) is 37.0. The van der Waals surface area contributed by atoms with Gasteiger partial charge in [-0.15, -0.1) is 0 Å². The lowest BCUT2D eigenvalue weighted by Gasteiger charge is -2.19. The van der Waals surface area contributed by atoms with Gasteiger partial charge in [-0.1, -0.05) is 0 Å². The van der Waals surface area contributed by atoms with E-state index >= 15 is 0 Å². The molecular weight excluding hydrogens is 204 g/mol. The maximum atomic E-state index is 9.53. The molecule has 5 atom stereocenters. The topological polar surface area (TPSA) is 99.4 Å². The maximum Gasteiger partial charge on any atom is 0.186 e. The maximum absolute atomic E-state index is 9.53. The van der Waals surface area contributed by atoms with E-state index in [9.17, 15) is 15.3 Å². The van der Waals surface area contributed by atoms with E-state index in [-0.39, 0.29) is 6.10 Å². The highest BCUT2D eigenvalue weighted by Crippen LogP contribution is 2.25. The van der Waals surface area contributed by atoms with Crippen LogP contribution in [0.4, 0.5) is 0 Å². The fraction of sp³-hybridized carbons (Fsp3) is 1.00. The van der Waals surface area contributed by atoms with Crippen molar-refractivity contribution in [2.45, 2.75) is 50.7 Å². The normalized spacial score (nSPS) is 38.6. The average molecular weight is 222 g/mol. The van der Waals surface area contributed by atoms with Gasteiger partial charge in [0.15, 0.2) is 6.29 Å². The molecule has 0 saturated carbocycles. The molecule has 1 rings (SSSR count). The van der Waals surface area contributed by atoms with Crippen LogP contribution in [0.25, 0.3) is 0 Å². The highest BCUT2D eigenvalue weighted by molar-refractivity contribution is 4.90. The minimum atomic E-state index is -1.25. The summed E-state index contributed by atoms with van der Waals surface area (Å²) in [7, 11) is 0. The molecule has 0 aromatic rings. The first-order valence-electron chi connectivity index (χ1n) is 4.93. The number of aliphatic hydroxyl groups is 4. The molecule has 1 fully saturated rings. The Bertz CT molecular complexity index is 197. The molecule has 1 aliphatic heterocycles. The van der Waals surface area contributed by atoms with Gasteiger partial charge in [-0.2, -0.15) is 0 Å². The fourth-order valence-corrected chi connectivity index (χ4v) is 1.47. The number of rotatable bonds is 4. The summed E-state index contributed by atoms with van der Waals surface area (Å²) in [5.41, 5.74) is 0. The van der Waals surface area contributed by atoms with Crippen molar-refractivity contribution in [2.24, 2.45) is 0 Å². The van der Waals surface area contributed by atoms with Gasteiger partial charge in [-0.3, -0.25) is 0 Å². The van der Waals surface area contributed by atoms with E-state index in [2.05, 4.69) is 0 Å². The van der Waals surface area contributed by atoms with E-state index in [1.807, 2.05) is 0 Å². The first-order chi connectivity index (χ1) is 6.97. The lowest BCUT2D eigenvalue weighted by atomic mass is 10.1. The quantitative estimate of drug-likeness (QED) is 0.448. The molecule has 6 nitrogen and oxygen atoms in total. The molecule has 6 heteroatoms. The zero-order valence-electron chi connectivity index (χ0n) is 8.78. The largest absolute Gasteiger partial charge is 0.394 e. The molecule has 1 heterocycles. The summed E-state index contributed by atoms with van der Waals surface area (Å²) in [6.07, 6.45) is -5.84. The van der Waals surface area contributed by atoms with Gasteiger partial charge in [-0.05, 0) is 13.8 Å². The molecule has 0 aromatic carbocycles. The van der Waals surface area contributed by atoms with Crippen LogP contribution in [0.1, 0.15) is 13.8 Å². The molecule has 1 aliphatic rings. The Morgan fingerprint density at radius 1 is 1.27 bits per heavy atom. The van der Waals surface area contributed by atoms with E-state index in [4.69, 9.17) is 14.6 Å². The Kier molecular flexibility index (Phi) is 4.45. The molecule has 4 N–H and O–H groups in total. The molecule has 0 amide bonds. The summed E-state index contributed by atoms with van der Waals surface area (Å²) < 4.78 is 10.3. The van der Waals surface area contributed by atoms with Gasteiger partial charge < -0.3 is 29.9 Å². The van der Waals surface area contributed by atoms with Crippen LogP contribution in [0.15, 0.2) is 0 Å². The summed E-state index contributed by atoms with van der Waals surface area (Å²) in [5.74, 6) is 0. The second-order valence-corrected chi connectivity index (χ2v) is 3.89. The van der Waals surface area contributed by atoms with E-state index < -0.39 is 37.3 Å². The van der Waals surface area contributed by atoms with Gasteiger partial charge in [0.05, 0.1) is 12.7 Å². The van der Waals surface area contributed by atoms with Gasteiger partial charge in [-0.25, -0.2) is 0 Å². The highest BCUT2D eigenvalue weighted by Gasteiger charge is 2.46. The van der Waals surface area contributed by atoms with Crippen molar-refractivity contribution in [2.75, 3.05) is 6.61 Å². The fourth-order valence-electron chi connectivity index (χ4n) is 1.47. The Hall–Kier alpha value is -0.240. The first kappa shape index (κ1) is 12.8. The van der Waals surface area contributed by atoms with Gasteiger partial charge in [0.2, 0.25) is 0 Å². The van der Waals surface area contributed by atoms with Crippen molar-refractivity contribution in [1.29, 1.82) is 0 Å². The molecule has 15 heavy (non-hydrogen) atoms. The number of hydrogen-bond donors (Lipinski definition) is 4. The van der Waals surface area contributed by atoms with Crippen molar-refractivity contribution in [3.05, 3.63) is 0 Å². The van der Waals surface area contributed by atoms with Crippen molar-refractivity contribution < 1.29 is 29.9 Å². The van der Waals surface area contributed by atoms with Crippen LogP contribution in [-0.4, -0.2) is 63.8 Å². The molecule has 0 unspecified atom stereocenters. The summed E-state index contributed by atoms with van der Waals surface area (Å²) in [6, 6.07) is 0. The van der Waals surface area contributed by atoms with Crippen molar-refractivity contribution in [1.82, 2.24) is 0 Å². The highest BCUT2D eigenvalue weighted by atomic mass is 16.7. The third-order valence-electron chi connectivity index (χ3n) is 2.23. The van der Waals surface area contributed by atoms with Crippen LogP contribution in [0.5, 0.6) is 0 Å². The van der Waals surface area contributed by atoms with Crippen LogP contribution >= 0.6 is 0 Å². The lowest BCUT2D eigenvalue weighted by Crippen LogP contribution is -2.40. The molecule has 0 aliphatic carbocycles. The minimum Gasteiger partial charge on any atom is -0.394 e. The van der Waals surface area contributed by atoms with Crippen LogP contribution < -0.4 is 0 Å². The van der Waals surface area contributed by atoms with Crippen LogP contribution in [0.3, 0.4) is 0 Å². The van der Waals surface area contributed by atoms with E-state index in [0.717, 1.165) is 0 Å². The van der Waals surface area contributed by atoms with Crippen LogP contribution in [0, 0.1) is 0 Å². The zero-order valence-corrected chi connectivity index (χ0v) is 8.78. The third kappa shape index (κ3) is 2.87. The Morgan fingerprint density at radius 3 is 2.33 bits per heavy atom. The van der Waals surface area contributed by atoms with Gasteiger partial charge >= 0.3 is 0 Å². The molecule has 0 aromatic heterocycles. The van der Waals surface area contributed by atoms with Crippen molar-refractivity contribution in [3.63, 3.8) is 0 Å². The summed E-state index contributed by atoms with van der Waals surface area (Å²) in [4.78, 5) is 0. The standard InChI is InChI=1S/C9H18O6/c1-4(2)14-9-7(13)6(12)8(15-9)5(11)3-10/h4-13H,3H2,1-2H3/t5-,6-,7-,8-,9+/m1/s1. The predicted molar refractivity (Wildman–Crippen MR) is 50.0 cm³/mol. The second-order valence-electron chi connectivity index (χ2n) is 3.89. The number of ether oxygens (including phenoxy) is 2. The molecular formula is C9H18O6. The molecule has 90 valence electrons. The minimum absolute atomic E-state index is 0.165. The SMILES string of the molecule is CC(C)O[C@H]1O[C@H]([C@H](O)CO)[C@H](O)[C@H]1O.